The quantitative estimate of drug-likeness (QED) is 0.449. The lowest BCUT2D eigenvalue weighted by Gasteiger charge is -2.34. The monoisotopic (exact) mass is 507 g/mol. The summed E-state index contributed by atoms with van der Waals surface area (Å²) in [4.78, 5) is 30.6. The molecule has 0 aliphatic carbocycles. The third kappa shape index (κ3) is 6.59. The summed E-state index contributed by atoms with van der Waals surface area (Å²) >= 11 is 1.56. The van der Waals surface area contributed by atoms with E-state index in [0.717, 1.165) is 35.5 Å². The number of aromatic nitrogens is 1. The van der Waals surface area contributed by atoms with E-state index in [2.05, 4.69) is 11.9 Å². The molecule has 2 N–H and O–H groups in total. The first kappa shape index (κ1) is 28.0. The minimum atomic E-state index is -1.23. The zero-order valence-electron chi connectivity index (χ0n) is 22.0. The number of carbonyl (C=O) groups is 2. The topological polar surface area (TPSA) is 109 Å². The second-order valence-corrected chi connectivity index (χ2v) is 12.3. The van der Waals surface area contributed by atoms with E-state index in [1.54, 1.807) is 32.1 Å². The van der Waals surface area contributed by atoms with Crippen molar-refractivity contribution in [2.24, 2.45) is 17.3 Å². The Hall–Kier alpha value is -1.61. The van der Waals surface area contributed by atoms with Gasteiger partial charge in [0.25, 0.3) is 0 Å². The molecule has 2 saturated heterocycles. The van der Waals surface area contributed by atoms with Crippen molar-refractivity contribution < 1.29 is 29.3 Å². The van der Waals surface area contributed by atoms with Crippen molar-refractivity contribution in [2.45, 2.75) is 111 Å². The number of Topliss-reactive ketones (excluding diaryl/α,β-unsaturated/α-hetero) is 1. The van der Waals surface area contributed by atoms with Gasteiger partial charge < -0.3 is 19.7 Å². The smallest absolute Gasteiger partial charge is 0.309 e. The first-order valence-corrected chi connectivity index (χ1v) is 13.5. The Morgan fingerprint density at radius 2 is 1.91 bits per heavy atom. The predicted molar refractivity (Wildman–Crippen MR) is 136 cm³/mol. The van der Waals surface area contributed by atoms with Crippen LogP contribution in [0.5, 0.6) is 0 Å². The number of hydrogen-bond donors (Lipinski definition) is 2. The number of aliphatic hydroxyl groups is 2. The number of cyclic esters (lactones) is 1. The standard InChI is InChI=1S/C27H41NO6S/c1-15-9-8-10-27(7)22(34-27)12-20(16(2)11-19-14-35-18(4)28-19)33-23(30)13-21(29)26(5,6)25(32)17(3)24(15)31/h11,14-15,17,20-22,24,29,31H,8-10,12-13H2,1-7H3/b16-11+/t15-,17+,20+,21-,22+,24+,27?/m1/s1. The van der Waals surface area contributed by atoms with Gasteiger partial charge in [0.05, 0.1) is 46.5 Å². The maximum atomic E-state index is 13.2. The largest absolute Gasteiger partial charge is 0.458 e. The number of aryl methyl sites for hydroxylation is 1. The molecule has 1 aromatic rings. The SMILES string of the molecule is C/C(=C\c1csc(C)n1)[C@@H]1C[C@@H]2OC2(C)CCC[C@@H](C)[C@H](O)[C@H](C)C(=O)C(C)(C)[C@H](O)CC(=O)O1. The number of fused-ring (bicyclic) bond motifs is 1. The average molecular weight is 508 g/mol. The predicted octanol–water partition coefficient (Wildman–Crippen LogP) is 4.48. The third-order valence-electron chi connectivity index (χ3n) is 7.93. The number of esters is 1. The summed E-state index contributed by atoms with van der Waals surface area (Å²) < 4.78 is 11.9. The van der Waals surface area contributed by atoms with E-state index in [-0.39, 0.29) is 29.8 Å². The van der Waals surface area contributed by atoms with Crippen LogP contribution in [0.1, 0.15) is 84.3 Å². The molecule has 7 nitrogen and oxygen atoms in total. The van der Waals surface area contributed by atoms with Crippen molar-refractivity contribution in [3.63, 3.8) is 0 Å². The molecule has 3 heterocycles. The van der Waals surface area contributed by atoms with Gasteiger partial charge in [-0.05, 0) is 51.2 Å². The lowest BCUT2D eigenvalue weighted by atomic mass is 9.73. The molecule has 1 unspecified atom stereocenters. The van der Waals surface area contributed by atoms with E-state index in [4.69, 9.17) is 9.47 Å². The highest BCUT2D eigenvalue weighted by Gasteiger charge is 2.53. The molecule has 7 atom stereocenters. The molecule has 35 heavy (non-hydrogen) atoms. The Labute approximate surface area is 212 Å². The lowest BCUT2D eigenvalue weighted by molar-refractivity contribution is -0.154. The fraction of sp³-hybridized carbons (Fsp3) is 0.741. The number of epoxide rings is 1. The Morgan fingerprint density at radius 3 is 2.54 bits per heavy atom. The van der Waals surface area contributed by atoms with Crippen molar-refractivity contribution in [1.82, 2.24) is 4.98 Å². The number of nitrogens with zero attached hydrogens (tertiary/aromatic N) is 1. The summed E-state index contributed by atoms with van der Waals surface area (Å²) in [6.07, 6.45) is 1.98. The Kier molecular flexibility index (Phi) is 8.62. The number of ketones is 1. The molecule has 0 aromatic carbocycles. The molecule has 2 aliphatic heterocycles. The minimum absolute atomic E-state index is 0.0455. The van der Waals surface area contributed by atoms with Crippen molar-refractivity contribution in [3.05, 3.63) is 21.7 Å². The van der Waals surface area contributed by atoms with Gasteiger partial charge in [-0.25, -0.2) is 4.98 Å². The molecule has 0 spiro atoms. The number of carbonyl (C=O) groups excluding carboxylic acids is 2. The number of ether oxygens (including phenoxy) is 2. The molecule has 8 heteroatoms. The van der Waals surface area contributed by atoms with E-state index in [9.17, 15) is 19.8 Å². The summed E-state index contributed by atoms with van der Waals surface area (Å²) in [7, 11) is 0. The van der Waals surface area contributed by atoms with Crippen molar-refractivity contribution in [1.29, 1.82) is 0 Å². The second kappa shape index (κ2) is 10.8. The molecular formula is C27H41NO6S. The van der Waals surface area contributed by atoms with Crippen molar-refractivity contribution >= 4 is 29.2 Å². The van der Waals surface area contributed by atoms with E-state index < -0.39 is 35.6 Å². The normalized spacial score (nSPS) is 37.5. The molecule has 0 radical (unpaired) electrons. The average Bonchev–Trinajstić information content (AvgIpc) is 3.22. The number of aliphatic hydroxyl groups excluding tert-OH is 2. The maximum absolute atomic E-state index is 13.2. The minimum Gasteiger partial charge on any atom is -0.458 e. The molecular weight excluding hydrogens is 466 g/mol. The van der Waals surface area contributed by atoms with Crippen LogP contribution in [0.3, 0.4) is 0 Å². The van der Waals surface area contributed by atoms with Crippen LogP contribution >= 0.6 is 11.3 Å². The van der Waals surface area contributed by atoms with Crippen LogP contribution in [0.25, 0.3) is 6.08 Å². The molecule has 1 aromatic heterocycles. The van der Waals surface area contributed by atoms with Gasteiger partial charge in [0.15, 0.2) is 0 Å². The van der Waals surface area contributed by atoms with Crippen LogP contribution in [0.15, 0.2) is 11.0 Å². The number of thiazole rings is 1. The molecule has 2 aliphatic rings. The van der Waals surface area contributed by atoms with E-state index >= 15 is 0 Å². The first-order chi connectivity index (χ1) is 16.2. The van der Waals surface area contributed by atoms with Crippen LogP contribution in [0.2, 0.25) is 0 Å². The zero-order valence-corrected chi connectivity index (χ0v) is 22.9. The van der Waals surface area contributed by atoms with Crippen LogP contribution in [-0.4, -0.2) is 57.0 Å². The highest BCUT2D eigenvalue weighted by atomic mass is 32.1. The maximum Gasteiger partial charge on any atom is 0.309 e. The lowest BCUT2D eigenvalue weighted by Crippen LogP contribution is -2.45. The molecule has 0 saturated carbocycles. The molecule has 3 rings (SSSR count). The van der Waals surface area contributed by atoms with Gasteiger partial charge in [-0.3, -0.25) is 9.59 Å². The van der Waals surface area contributed by atoms with Gasteiger partial charge in [0.2, 0.25) is 0 Å². The summed E-state index contributed by atoms with van der Waals surface area (Å²) in [6, 6.07) is 0. The molecule has 196 valence electrons. The summed E-state index contributed by atoms with van der Waals surface area (Å²) in [5.41, 5.74) is 0.179. The van der Waals surface area contributed by atoms with E-state index in [1.807, 2.05) is 32.2 Å². The third-order valence-corrected chi connectivity index (χ3v) is 8.72. The summed E-state index contributed by atoms with van der Waals surface area (Å²) in [5, 5.41) is 24.6. The van der Waals surface area contributed by atoms with Gasteiger partial charge in [0, 0.05) is 17.7 Å². The van der Waals surface area contributed by atoms with Crippen molar-refractivity contribution in [3.8, 4) is 0 Å². The van der Waals surface area contributed by atoms with Gasteiger partial charge in [-0.1, -0.05) is 34.1 Å². The first-order valence-electron chi connectivity index (χ1n) is 12.6. The van der Waals surface area contributed by atoms with Gasteiger partial charge >= 0.3 is 5.97 Å². The Morgan fingerprint density at radius 1 is 1.23 bits per heavy atom. The molecule has 0 bridgehead atoms. The van der Waals surface area contributed by atoms with Gasteiger partial charge in [0.1, 0.15) is 11.9 Å². The van der Waals surface area contributed by atoms with E-state index in [1.165, 1.54) is 0 Å². The molecule has 0 amide bonds. The zero-order chi connectivity index (χ0) is 26.1. The van der Waals surface area contributed by atoms with Gasteiger partial charge in [-0.15, -0.1) is 11.3 Å². The van der Waals surface area contributed by atoms with Crippen LogP contribution in [0.4, 0.5) is 0 Å². The van der Waals surface area contributed by atoms with Crippen LogP contribution in [-0.2, 0) is 19.1 Å². The Balaban J connectivity index is 1.85. The van der Waals surface area contributed by atoms with Crippen LogP contribution in [0, 0.1) is 24.2 Å². The highest BCUT2D eigenvalue weighted by Crippen LogP contribution is 2.45. The Bertz CT molecular complexity index is 955. The fourth-order valence-corrected chi connectivity index (χ4v) is 5.64. The second-order valence-electron chi connectivity index (χ2n) is 11.3. The van der Waals surface area contributed by atoms with Gasteiger partial charge in [-0.2, -0.15) is 0 Å². The molecule has 2 fully saturated rings. The number of hydrogen-bond acceptors (Lipinski definition) is 8. The highest BCUT2D eigenvalue weighted by molar-refractivity contribution is 7.09. The van der Waals surface area contributed by atoms with Crippen LogP contribution < -0.4 is 0 Å². The van der Waals surface area contributed by atoms with Crippen molar-refractivity contribution in [2.75, 3.05) is 0 Å². The summed E-state index contributed by atoms with van der Waals surface area (Å²) in [6.45, 7) is 12.8. The fourth-order valence-electron chi connectivity index (χ4n) is 5.07. The number of rotatable bonds is 2. The van der Waals surface area contributed by atoms with E-state index in [0.29, 0.717) is 6.42 Å². The summed E-state index contributed by atoms with van der Waals surface area (Å²) in [5.74, 6) is -1.55.